The molecule has 2 aliphatic heterocycles. The highest BCUT2D eigenvalue weighted by molar-refractivity contribution is 4.91. The second-order valence-electron chi connectivity index (χ2n) is 5.55. The maximum Gasteiger partial charge on any atom is 0.0198 e. The molecule has 2 aliphatic rings. The normalized spacial score (nSPS) is 36.2. The van der Waals surface area contributed by atoms with Gasteiger partial charge in [0.25, 0.3) is 0 Å². The van der Waals surface area contributed by atoms with Gasteiger partial charge in [0.2, 0.25) is 0 Å². The van der Waals surface area contributed by atoms with Crippen molar-refractivity contribution in [2.75, 3.05) is 13.1 Å². The lowest BCUT2D eigenvalue weighted by molar-refractivity contribution is 0.151. The fourth-order valence-corrected chi connectivity index (χ4v) is 3.04. The summed E-state index contributed by atoms with van der Waals surface area (Å²) in [4.78, 5) is 2.71. The Morgan fingerprint density at radius 2 is 1.93 bits per heavy atom. The van der Waals surface area contributed by atoms with Crippen LogP contribution in [0.15, 0.2) is 0 Å². The Bertz CT molecular complexity index is 205. The zero-order valence-corrected chi connectivity index (χ0v) is 10.5. The predicted octanol–water partition coefficient (Wildman–Crippen LogP) is 2.25. The van der Waals surface area contributed by atoms with Gasteiger partial charge in [0, 0.05) is 24.7 Å². The van der Waals surface area contributed by atoms with E-state index in [0.29, 0.717) is 0 Å². The maximum atomic E-state index is 3.75. The van der Waals surface area contributed by atoms with E-state index in [-0.39, 0.29) is 0 Å². The third kappa shape index (κ3) is 2.54. The molecule has 1 N–H and O–H groups in total. The average Bonchev–Trinajstić information content (AvgIpc) is 2.56. The van der Waals surface area contributed by atoms with Crippen molar-refractivity contribution >= 4 is 0 Å². The maximum absolute atomic E-state index is 3.75. The van der Waals surface area contributed by atoms with Gasteiger partial charge >= 0.3 is 0 Å². The molecule has 4 atom stereocenters. The zero-order chi connectivity index (χ0) is 10.8. The monoisotopic (exact) mass is 210 g/mol. The molecule has 88 valence electrons. The van der Waals surface area contributed by atoms with Gasteiger partial charge in [-0.3, -0.25) is 4.90 Å². The zero-order valence-electron chi connectivity index (χ0n) is 10.5. The Balaban J connectivity index is 1.92. The molecule has 15 heavy (non-hydrogen) atoms. The van der Waals surface area contributed by atoms with Crippen molar-refractivity contribution in [2.24, 2.45) is 5.92 Å². The quantitative estimate of drug-likeness (QED) is 0.768. The van der Waals surface area contributed by atoms with E-state index in [4.69, 9.17) is 0 Å². The summed E-state index contributed by atoms with van der Waals surface area (Å²) in [6, 6.07) is 2.37. The molecule has 4 unspecified atom stereocenters. The number of fused-ring (bicyclic) bond motifs is 2. The van der Waals surface area contributed by atoms with Crippen LogP contribution in [0.4, 0.5) is 0 Å². The minimum absolute atomic E-state index is 0.760. The lowest BCUT2D eigenvalue weighted by atomic mass is 9.97. The van der Waals surface area contributed by atoms with Crippen LogP contribution in [-0.2, 0) is 0 Å². The summed E-state index contributed by atoms with van der Waals surface area (Å²) in [6.45, 7) is 9.69. The van der Waals surface area contributed by atoms with Crippen LogP contribution in [-0.4, -0.2) is 36.1 Å². The molecule has 0 aromatic carbocycles. The van der Waals surface area contributed by atoms with E-state index in [2.05, 4.69) is 31.0 Å². The van der Waals surface area contributed by atoms with Gasteiger partial charge in [-0.2, -0.15) is 0 Å². The van der Waals surface area contributed by atoms with Gasteiger partial charge in [-0.15, -0.1) is 0 Å². The second-order valence-corrected chi connectivity index (χ2v) is 5.55. The van der Waals surface area contributed by atoms with Crippen molar-refractivity contribution in [2.45, 2.75) is 64.6 Å². The van der Waals surface area contributed by atoms with Gasteiger partial charge in [-0.1, -0.05) is 20.3 Å². The number of hydrogen-bond acceptors (Lipinski definition) is 2. The van der Waals surface area contributed by atoms with Crippen LogP contribution < -0.4 is 5.32 Å². The Hall–Kier alpha value is -0.0800. The first-order valence-electron chi connectivity index (χ1n) is 6.70. The van der Waals surface area contributed by atoms with Crippen LogP contribution >= 0.6 is 0 Å². The Morgan fingerprint density at radius 1 is 1.20 bits per heavy atom. The second kappa shape index (κ2) is 4.84. The first-order valence-corrected chi connectivity index (χ1v) is 6.70. The molecule has 0 saturated carbocycles. The van der Waals surface area contributed by atoms with E-state index in [1.807, 2.05) is 0 Å². The molecule has 0 amide bonds. The molecule has 0 radical (unpaired) electrons. The van der Waals surface area contributed by atoms with Crippen molar-refractivity contribution in [3.8, 4) is 0 Å². The molecular formula is C13H26N2. The van der Waals surface area contributed by atoms with Crippen LogP contribution in [0.3, 0.4) is 0 Å². The fourth-order valence-electron chi connectivity index (χ4n) is 3.04. The van der Waals surface area contributed by atoms with Gasteiger partial charge in [0.1, 0.15) is 0 Å². The van der Waals surface area contributed by atoms with E-state index >= 15 is 0 Å². The van der Waals surface area contributed by atoms with Gasteiger partial charge in [-0.05, 0) is 38.6 Å². The highest BCUT2D eigenvalue weighted by Gasteiger charge is 2.31. The minimum Gasteiger partial charge on any atom is -0.310 e. The first kappa shape index (κ1) is 11.4. The number of nitrogens with zero attached hydrogens (tertiary/aromatic N) is 1. The van der Waals surface area contributed by atoms with Crippen molar-refractivity contribution in [3.63, 3.8) is 0 Å². The van der Waals surface area contributed by atoms with E-state index in [1.165, 1.54) is 38.8 Å². The highest BCUT2D eigenvalue weighted by atomic mass is 15.2. The van der Waals surface area contributed by atoms with Crippen molar-refractivity contribution in [3.05, 3.63) is 0 Å². The molecular weight excluding hydrogens is 184 g/mol. The summed E-state index contributed by atoms with van der Waals surface area (Å²) in [5, 5.41) is 3.75. The molecule has 0 aliphatic carbocycles. The summed E-state index contributed by atoms with van der Waals surface area (Å²) in [5.74, 6) is 0.835. The molecule has 2 rings (SSSR count). The summed E-state index contributed by atoms with van der Waals surface area (Å²) >= 11 is 0. The SMILES string of the molecule is CCC(C)C(C)N1CCC2CCC(C1)N2. The van der Waals surface area contributed by atoms with Crippen LogP contribution in [0.1, 0.15) is 46.5 Å². The number of hydrogen-bond donors (Lipinski definition) is 1. The van der Waals surface area contributed by atoms with E-state index < -0.39 is 0 Å². The molecule has 0 aromatic heterocycles. The minimum atomic E-state index is 0.760. The molecule has 2 bridgehead atoms. The van der Waals surface area contributed by atoms with Gasteiger partial charge in [0.05, 0.1) is 0 Å². The Morgan fingerprint density at radius 3 is 2.67 bits per heavy atom. The predicted molar refractivity (Wildman–Crippen MR) is 65.1 cm³/mol. The number of rotatable bonds is 3. The van der Waals surface area contributed by atoms with Crippen LogP contribution in [0.2, 0.25) is 0 Å². The van der Waals surface area contributed by atoms with Crippen LogP contribution in [0.25, 0.3) is 0 Å². The molecule has 2 heterocycles. The van der Waals surface area contributed by atoms with Gasteiger partial charge in [-0.25, -0.2) is 0 Å². The molecule has 0 spiro atoms. The third-order valence-corrected chi connectivity index (χ3v) is 4.60. The smallest absolute Gasteiger partial charge is 0.0198 e. The summed E-state index contributed by atoms with van der Waals surface area (Å²) in [7, 11) is 0. The Kier molecular flexibility index (Phi) is 3.68. The lowest BCUT2D eigenvalue weighted by Crippen LogP contribution is -2.43. The van der Waals surface area contributed by atoms with E-state index in [1.54, 1.807) is 0 Å². The third-order valence-electron chi connectivity index (χ3n) is 4.60. The molecule has 2 saturated heterocycles. The Labute approximate surface area is 94.4 Å². The lowest BCUT2D eigenvalue weighted by Gasteiger charge is -2.33. The van der Waals surface area contributed by atoms with E-state index in [0.717, 1.165) is 24.0 Å². The van der Waals surface area contributed by atoms with Crippen molar-refractivity contribution < 1.29 is 0 Å². The summed E-state index contributed by atoms with van der Waals surface area (Å²) < 4.78 is 0. The summed E-state index contributed by atoms with van der Waals surface area (Å²) in [6.07, 6.45) is 5.47. The standard InChI is InChI=1S/C13H26N2/c1-4-10(2)11(3)15-8-7-12-5-6-13(9-15)14-12/h10-14H,4-9H2,1-3H3. The molecule has 2 heteroatoms. The van der Waals surface area contributed by atoms with Crippen molar-refractivity contribution in [1.82, 2.24) is 10.2 Å². The topological polar surface area (TPSA) is 15.3 Å². The van der Waals surface area contributed by atoms with Crippen LogP contribution in [0, 0.1) is 5.92 Å². The largest absolute Gasteiger partial charge is 0.310 e. The average molecular weight is 210 g/mol. The van der Waals surface area contributed by atoms with E-state index in [9.17, 15) is 0 Å². The molecule has 2 fully saturated rings. The van der Waals surface area contributed by atoms with Gasteiger partial charge < -0.3 is 5.32 Å². The molecule has 0 aromatic rings. The number of nitrogens with one attached hydrogen (secondary N) is 1. The fraction of sp³-hybridized carbons (Fsp3) is 1.00. The summed E-state index contributed by atoms with van der Waals surface area (Å²) in [5.41, 5.74) is 0. The first-order chi connectivity index (χ1) is 7.20. The van der Waals surface area contributed by atoms with Gasteiger partial charge in [0.15, 0.2) is 0 Å². The number of likely N-dealkylation sites (tertiary alicyclic amines) is 1. The highest BCUT2D eigenvalue weighted by Crippen LogP contribution is 2.24. The molecule has 2 nitrogen and oxygen atoms in total. The van der Waals surface area contributed by atoms with Crippen molar-refractivity contribution in [1.29, 1.82) is 0 Å². The van der Waals surface area contributed by atoms with Crippen LogP contribution in [0.5, 0.6) is 0 Å².